The highest BCUT2D eigenvalue weighted by Crippen LogP contribution is 2.34. The van der Waals surface area contributed by atoms with Crippen LogP contribution in [-0.4, -0.2) is 9.97 Å². The molecule has 24 heavy (non-hydrogen) atoms. The summed E-state index contributed by atoms with van der Waals surface area (Å²) in [5.41, 5.74) is 5.72. The first-order valence-electron chi connectivity index (χ1n) is 6.64. The summed E-state index contributed by atoms with van der Waals surface area (Å²) < 4.78 is 51.5. The van der Waals surface area contributed by atoms with Crippen molar-refractivity contribution in [1.82, 2.24) is 9.97 Å². The van der Waals surface area contributed by atoms with Gasteiger partial charge in [-0.25, -0.2) is 14.4 Å². The molecule has 0 unspecified atom stereocenters. The van der Waals surface area contributed by atoms with Gasteiger partial charge >= 0.3 is 6.18 Å². The van der Waals surface area contributed by atoms with Gasteiger partial charge in [0.15, 0.2) is 5.13 Å². The molecule has 0 saturated heterocycles. The van der Waals surface area contributed by atoms with Gasteiger partial charge in [0.05, 0.1) is 11.3 Å². The number of alkyl halides is 3. The summed E-state index contributed by atoms with van der Waals surface area (Å²) in [6.07, 6.45) is -3.23. The van der Waals surface area contributed by atoms with Crippen LogP contribution in [0.5, 0.6) is 0 Å². The molecule has 0 bridgehead atoms. The fourth-order valence-corrected chi connectivity index (χ4v) is 2.76. The second-order valence-corrected chi connectivity index (χ2v) is 5.68. The van der Waals surface area contributed by atoms with Gasteiger partial charge in [-0.2, -0.15) is 13.2 Å². The first-order chi connectivity index (χ1) is 11.3. The number of nitrogens with zero attached hydrogens (tertiary/aromatic N) is 2. The number of nitrogens with one attached hydrogen (secondary N) is 1. The third-order valence-electron chi connectivity index (χ3n) is 3.10. The largest absolute Gasteiger partial charge is 0.419 e. The maximum atomic E-state index is 13.3. The molecule has 0 radical (unpaired) electrons. The summed E-state index contributed by atoms with van der Waals surface area (Å²) in [5.74, 6) is -0.983. The van der Waals surface area contributed by atoms with E-state index >= 15 is 0 Å². The van der Waals surface area contributed by atoms with Crippen molar-refractivity contribution in [2.75, 3.05) is 11.1 Å². The minimum atomic E-state index is -4.76. The van der Waals surface area contributed by atoms with Crippen LogP contribution in [0.25, 0.3) is 11.3 Å². The molecule has 4 nitrogen and oxygen atoms in total. The molecule has 124 valence electrons. The first kappa shape index (κ1) is 16.2. The van der Waals surface area contributed by atoms with E-state index in [1.54, 1.807) is 17.5 Å². The number of hydrogen-bond donors (Lipinski definition) is 2. The van der Waals surface area contributed by atoms with E-state index < -0.39 is 17.6 Å². The molecule has 0 atom stereocenters. The van der Waals surface area contributed by atoms with E-state index in [9.17, 15) is 17.6 Å². The lowest BCUT2D eigenvalue weighted by molar-refractivity contribution is -0.139. The second kappa shape index (κ2) is 6.08. The monoisotopic (exact) mass is 354 g/mol. The van der Waals surface area contributed by atoms with Crippen LogP contribution in [0.3, 0.4) is 0 Å². The Morgan fingerprint density at radius 1 is 1.12 bits per heavy atom. The molecule has 1 aromatic carbocycles. The maximum absolute atomic E-state index is 13.3. The van der Waals surface area contributed by atoms with Crippen molar-refractivity contribution in [3.05, 3.63) is 53.3 Å². The van der Waals surface area contributed by atoms with Gasteiger partial charge < -0.3 is 11.1 Å². The number of aromatic nitrogens is 2. The lowest BCUT2D eigenvalue weighted by Gasteiger charge is -2.10. The molecule has 0 aliphatic heterocycles. The van der Waals surface area contributed by atoms with Crippen LogP contribution in [0.1, 0.15) is 5.56 Å². The molecular formula is C15H10F4N4S. The van der Waals surface area contributed by atoms with E-state index in [-0.39, 0.29) is 5.69 Å². The van der Waals surface area contributed by atoms with Crippen LogP contribution >= 0.6 is 11.3 Å². The van der Waals surface area contributed by atoms with Crippen molar-refractivity contribution >= 4 is 28.0 Å². The molecular weight excluding hydrogens is 344 g/mol. The highest BCUT2D eigenvalue weighted by atomic mass is 32.1. The summed E-state index contributed by atoms with van der Waals surface area (Å²) in [7, 11) is 0. The van der Waals surface area contributed by atoms with Crippen molar-refractivity contribution < 1.29 is 17.6 Å². The number of nitrogens with two attached hydrogens (primary N) is 1. The number of nitrogen functional groups attached to an aromatic ring is 1. The zero-order valence-electron chi connectivity index (χ0n) is 11.9. The summed E-state index contributed by atoms with van der Waals surface area (Å²) in [5, 5.41) is 4.84. The highest BCUT2D eigenvalue weighted by Gasteiger charge is 2.34. The van der Waals surface area contributed by atoms with Crippen molar-refractivity contribution in [2.45, 2.75) is 6.18 Å². The fraction of sp³-hybridized carbons (Fsp3) is 0.0667. The standard InChI is InChI=1S/C15H10F4N4S/c16-11-2-1-9(6-10(11)15(17,18)19)22-14-23-12(7-24-14)8-3-4-21-13(20)5-8/h1-7H,(H2,20,21)(H,22,23). The van der Waals surface area contributed by atoms with Gasteiger partial charge in [-0.1, -0.05) is 0 Å². The Balaban J connectivity index is 1.85. The van der Waals surface area contributed by atoms with Gasteiger partial charge in [0.25, 0.3) is 0 Å². The third-order valence-corrected chi connectivity index (χ3v) is 3.86. The number of benzene rings is 1. The summed E-state index contributed by atoms with van der Waals surface area (Å²) in [6.45, 7) is 0. The normalized spacial score (nSPS) is 11.5. The van der Waals surface area contributed by atoms with Gasteiger partial charge in [0, 0.05) is 22.8 Å². The van der Waals surface area contributed by atoms with Crippen LogP contribution < -0.4 is 11.1 Å². The molecule has 0 amide bonds. The minimum absolute atomic E-state index is 0.0962. The van der Waals surface area contributed by atoms with Gasteiger partial charge in [0.2, 0.25) is 0 Å². The van der Waals surface area contributed by atoms with Gasteiger partial charge in [-0.3, -0.25) is 0 Å². The van der Waals surface area contributed by atoms with Gasteiger partial charge in [-0.05, 0) is 30.3 Å². The number of rotatable bonds is 3. The number of anilines is 3. The highest BCUT2D eigenvalue weighted by molar-refractivity contribution is 7.14. The van der Waals surface area contributed by atoms with E-state index in [0.717, 1.165) is 11.6 Å². The first-order valence-corrected chi connectivity index (χ1v) is 7.52. The predicted molar refractivity (Wildman–Crippen MR) is 84.4 cm³/mol. The quantitative estimate of drug-likeness (QED) is 0.670. The summed E-state index contributed by atoms with van der Waals surface area (Å²) >= 11 is 1.20. The van der Waals surface area contributed by atoms with Crippen LogP contribution in [-0.2, 0) is 6.18 Å². The zero-order chi connectivity index (χ0) is 17.3. The molecule has 3 rings (SSSR count). The van der Waals surface area contributed by atoms with Crippen molar-refractivity contribution in [3.63, 3.8) is 0 Å². The predicted octanol–water partition coefficient (Wildman–Crippen LogP) is 4.69. The number of hydrogen-bond acceptors (Lipinski definition) is 5. The SMILES string of the molecule is Nc1cc(-c2csc(Nc3ccc(F)c(C(F)(F)F)c3)n2)ccn1. The lowest BCUT2D eigenvalue weighted by Crippen LogP contribution is -2.08. The van der Waals surface area contributed by atoms with Crippen LogP contribution in [0.15, 0.2) is 41.9 Å². The zero-order valence-corrected chi connectivity index (χ0v) is 12.7. The molecule has 0 aliphatic rings. The Kier molecular flexibility index (Phi) is 4.10. The molecule has 3 aromatic rings. The number of halogens is 4. The number of pyridine rings is 1. The third kappa shape index (κ3) is 3.46. The molecule has 0 aliphatic carbocycles. The lowest BCUT2D eigenvalue weighted by atomic mass is 10.2. The van der Waals surface area contributed by atoms with E-state index in [2.05, 4.69) is 15.3 Å². The Labute approximate surface area is 138 Å². The Morgan fingerprint density at radius 2 is 1.92 bits per heavy atom. The van der Waals surface area contributed by atoms with Crippen molar-refractivity contribution in [3.8, 4) is 11.3 Å². The molecule has 9 heteroatoms. The van der Waals surface area contributed by atoms with E-state index in [1.807, 2.05) is 0 Å². The molecule has 2 heterocycles. The van der Waals surface area contributed by atoms with E-state index in [1.165, 1.54) is 23.6 Å². The van der Waals surface area contributed by atoms with Crippen LogP contribution in [0.4, 0.5) is 34.2 Å². The summed E-state index contributed by atoms with van der Waals surface area (Å²) in [6, 6.07) is 6.05. The molecule has 2 aromatic heterocycles. The van der Waals surface area contributed by atoms with Crippen molar-refractivity contribution in [1.29, 1.82) is 0 Å². The fourth-order valence-electron chi connectivity index (χ4n) is 2.02. The smallest absolute Gasteiger partial charge is 0.384 e. The van der Waals surface area contributed by atoms with Crippen LogP contribution in [0.2, 0.25) is 0 Å². The Bertz CT molecular complexity index is 876. The average molecular weight is 354 g/mol. The molecule has 0 spiro atoms. The molecule has 3 N–H and O–H groups in total. The van der Waals surface area contributed by atoms with Crippen LogP contribution in [0, 0.1) is 5.82 Å². The molecule has 0 fully saturated rings. The number of thiazole rings is 1. The van der Waals surface area contributed by atoms with Gasteiger partial charge in [-0.15, -0.1) is 11.3 Å². The topological polar surface area (TPSA) is 63.8 Å². The second-order valence-electron chi connectivity index (χ2n) is 4.82. The van der Waals surface area contributed by atoms with Gasteiger partial charge in [0.1, 0.15) is 11.6 Å². The Morgan fingerprint density at radius 3 is 2.62 bits per heavy atom. The average Bonchev–Trinajstić information content (AvgIpc) is 2.97. The van der Waals surface area contributed by atoms with Crippen molar-refractivity contribution in [2.24, 2.45) is 0 Å². The minimum Gasteiger partial charge on any atom is -0.384 e. The Hall–Kier alpha value is -2.68. The summed E-state index contributed by atoms with van der Waals surface area (Å²) in [4.78, 5) is 8.16. The maximum Gasteiger partial charge on any atom is 0.419 e. The van der Waals surface area contributed by atoms with E-state index in [4.69, 9.17) is 5.73 Å². The van der Waals surface area contributed by atoms with E-state index in [0.29, 0.717) is 22.7 Å². The molecule has 0 saturated carbocycles.